The van der Waals surface area contributed by atoms with Crippen LogP contribution in [0, 0.1) is 16.7 Å². The Balaban J connectivity index is 2.78. The first-order valence-corrected chi connectivity index (χ1v) is 7.45. The second kappa shape index (κ2) is 5.74. The summed E-state index contributed by atoms with van der Waals surface area (Å²) in [7, 11) is 1.76. The average molecular weight is 283 g/mol. The van der Waals surface area contributed by atoms with Gasteiger partial charge in [-0.25, -0.2) is 0 Å². The average Bonchev–Trinajstić information content (AvgIpc) is 2.25. The van der Waals surface area contributed by atoms with Crippen molar-refractivity contribution in [3.63, 3.8) is 0 Å². The zero-order chi connectivity index (χ0) is 15.7. The zero-order valence-electron chi connectivity index (χ0n) is 13.7. The van der Waals surface area contributed by atoms with E-state index in [4.69, 9.17) is 0 Å². The highest BCUT2D eigenvalue weighted by molar-refractivity contribution is 5.97. The number of hydrogen-bond donors (Lipinski definition) is 1. The van der Waals surface area contributed by atoms with E-state index in [9.17, 15) is 14.7 Å². The van der Waals surface area contributed by atoms with Crippen LogP contribution in [0.15, 0.2) is 0 Å². The highest BCUT2D eigenvalue weighted by Crippen LogP contribution is 2.37. The quantitative estimate of drug-likeness (QED) is 0.809. The summed E-state index contributed by atoms with van der Waals surface area (Å²) < 4.78 is 0. The van der Waals surface area contributed by atoms with Crippen LogP contribution in [-0.2, 0) is 9.59 Å². The van der Waals surface area contributed by atoms with Crippen LogP contribution in [-0.4, -0.2) is 35.0 Å². The zero-order valence-corrected chi connectivity index (χ0v) is 13.7. The monoisotopic (exact) mass is 283 g/mol. The molecule has 116 valence electrons. The van der Waals surface area contributed by atoms with Crippen LogP contribution in [0.3, 0.4) is 0 Å². The normalized spacial score (nSPS) is 21.3. The minimum atomic E-state index is -1.02. The Morgan fingerprint density at radius 1 is 1.20 bits per heavy atom. The van der Waals surface area contributed by atoms with Gasteiger partial charge in [0, 0.05) is 13.1 Å². The number of aliphatic carboxylic acids is 1. The molecule has 0 aromatic rings. The molecule has 1 aliphatic rings. The van der Waals surface area contributed by atoms with Crippen molar-refractivity contribution in [3.8, 4) is 0 Å². The molecular weight excluding hydrogens is 254 g/mol. The van der Waals surface area contributed by atoms with Gasteiger partial charge in [0.25, 0.3) is 0 Å². The van der Waals surface area contributed by atoms with E-state index in [0.717, 1.165) is 25.7 Å². The standard InChI is InChI=1S/C16H29NO3/c1-15(2,3)12(14(19)20)13(18)17(6)11-7-9-16(4,5)10-8-11/h11-12H,7-10H2,1-6H3,(H,19,20). The van der Waals surface area contributed by atoms with Crippen LogP contribution < -0.4 is 0 Å². The number of carbonyl (C=O) groups is 2. The summed E-state index contributed by atoms with van der Waals surface area (Å²) in [4.78, 5) is 25.6. The highest BCUT2D eigenvalue weighted by atomic mass is 16.4. The molecule has 1 rings (SSSR count). The molecule has 1 amide bonds. The molecule has 0 radical (unpaired) electrons. The molecule has 20 heavy (non-hydrogen) atoms. The third kappa shape index (κ3) is 3.97. The number of hydrogen-bond acceptors (Lipinski definition) is 2. The van der Waals surface area contributed by atoms with Gasteiger partial charge >= 0.3 is 5.97 Å². The van der Waals surface area contributed by atoms with Crippen molar-refractivity contribution in [1.82, 2.24) is 4.90 Å². The molecular formula is C16H29NO3. The van der Waals surface area contributed by atoms with E-state index >= 15 is 0 Å². The van der Waals surface area contributed by atoms with Gasteiger partial charge in [0.2, 0.25) is 5.91 Å². The van der Waals surface area contributed by atoms with Gasteiger partial charge < -0.3 is 10.0 Å². The molecule has 0 spiro atoms. The van der Waals surface area contributed by atoms with E-state index in [2.05, 4.69) is 13.8 Å². The number of nitrogens with zero attached hydrogens (tertiary/aromatic N) is 1. The van der Waals surface area contributed by atoms with Gasteiger partial charge in [-0.1, -0.05) is 34.6 Å². The summed E-state index contributed by atoms with van der Waals surface area (Å²) in [5.41, 5.74) is -0.221. The number of carboxylic acids is 1. The molecule has 0 bridgehead atoms. The van der Waals surface area contributed by atoms with Crippen molar-refractivity contribution >= 4 is 11.9 Å². The van der Waals surface area contributed by atoms with E-state index in [-0.39, 0.29) is 11.9 Å². The Morgan fingerprint density at radius 3 is 2.00 bits per heavy atom. The van der Waals surface area contributed by atoms with Crippen LogP contribution in [0.4, 0.5) is 0 Å². The molecule has 4 heteroatoms. The number of rotatable bonds is 3. The summed E-state index contributed by atoms with van der Waals surface area (Å²) in [6.07, 6.45) is 4.10. The molecule has 0 aliphatic heterocycles. The number of amides is 1. The fourth-order valence-corrected chi connectivity index (χ4v) is 3.00. The van der Waals surface area contributed by atoms with Gasteiger partial charge in [-0.2, -0.15) is 0 Å². The fraction of sp³-hybridized carbons (Fsp3) is 0.875. The topological polar surface area (TPSA) is 57.6 Å². The molecule has 1 N–H and O–H groups in total. The minimum Gasteiger partial charge on any atom is -0.481 e. The summed E-state index contributed by atoms with van der Waals surface area (Å²) in [6, 6.07) is 0.180. The minimum absolute atomic E-state index is 0.180. The molecule has 1 aliphatic carbocycles. The lowest BCUT2D eigenvalue weighted by Crippen LogP contribution is -2.48. The summed E-state index contributed by atoms with van der Waals surface area (Å²) >= 11 is 0. The Labute approximate surface area is 122 Å². The van der Waals surface area contributed by atoms with Crippen LogP contribution >= 0.6 is 0 Å². The van der Waals surface area contributed by atoms with E-state index < -0.39 is 17.3 Å². The number of carboxylic acid groups (broad SMARTS) is 1. The third-order valence-electron chi connectivity index (χ3n) is 4.56. The maximum absolute atomic E-state index is 12.5. The fourth-order valence-electron chi connectivity index (χ4n) is 3.00. The Morgan fingerprint density at radius 2 is 1.65 bits per heavy atom. The molecule has 0 saturated heterocycles. The van der Waals surface area contributed by atoms with Gasteiger partial charge in [0.1, 0.15) is 5.92 Å². The van der Waals surface area contributed by atoms with Crippen molar-refractivity contribution < 1.29 is 14.7 Å². The maximum Gasteiger partial charge on any atom is 0.316 e. The van der Waals surface area contributed by atoms with Crippen LogP contribution in [0.1, 0.15) is 60.3 Å². The molecule has 1 fully saturated rings. The summed E-state index contributed by atoms with van der Waals surface area (Å²) in [5, 5.41) is 9.36. The Hall–Kier alpha value is -1.06. The first-order valence-electron chi connectivity index (χ1n) is 7.45. The molecule has 4 nitrogen and oxygen atoms in total. The van der Waals surface area contributed by atoms with E-state index in [0.29, 0.717) is 5.41 Å². The first-order chi connectivity index (χ1) is 8.96. The van der Waals surface area contributed by atoms with Gasteiger partial charge in [0.15, 0.2) is 0 Å². The van der Waals surface area contributed by atoms with Crippen molar-refractivity contribution in [1.29, 1.82) is 0 Å². The van der Waals surface area contributed by atoms with Crippen molar-refractivity contribution in [3.05, 3.63) is 0 Å². The number of carbonyl (C=O) groups excluding carboxylic acids is 1. The Bertz CT molecular complexity index is 372. The lowest BCUT2D eigenvalue weighted by molar-refractivity contribution is -0.157. The van der Waals surface area contributed by atoms with E-state index in [1.165, 1.54) is 0 Å². The molecule has 1 atom stereocenters. The van der Waals surface area contributed by atoms with Gasteiger partial charge in [-0.05, 0) is 36.5 Å². The lowest BCUT2D eigenvalue weighted by atomic mass is 9.74. The SMILES string of the molecule is CN(C(=O)C(C(=O)O)C(C)(C)C)C1CCC(C)(C)CC1. The van der Waals surface area contributed by atoms with Gasteiger partial charge in [-0.3, -0.25) is 9.59 Å². The smallest absolute Gasteiger partial charge is 0.316 e. The predicted octanol–water partition coefficient (Wildman–Crippen LogP) is 3.16. The van der Waals surface area contributed by atoms with Crippen LogP contribution in [0.5, 0.6) is 0 Å². The summed E-state index contributed by atoms with van der Waals surface area (Å²) in [5.74, 6) is -2.25. The first kappa shape index (κ1) is 17.0. The van der Waals surface area contributed by atoms with Gasteiger partial charge in [0.05, 0.1) is 0 Å². The Kier molecular flexibility index (Phi) is 4.88. The maximum atomic E-state index is 12.5. The lowest BCUT2D eigenvalue weighted by Gasteiger charge is -2.40. The summed E-state index contributed by atoms with van der Waals surface area (Å²) in [6.45, 7) is 9.92. The van der Waals surface area contributed by atoms with Crippen LogP contribution in [0.25, 0.3) is 0 Å². The molecule has 0 heterocycles. The van der Waals surface area contributed by atoms with E-state index in [1.807, 2.05) is 20.8 Å². The van der Waals surface area contributed by atoms with Crippen molar-refractivity contribution in [2.45, 2.75) is 66.3 Å². The van der Waals surface area contributed by atoms with Gasteiger partial charge in [-0.15, -0.1) is 0 Å². The van der Waals surface area contributed by atoms with Crippen LogP contribution in [0.2, 0.25) is 0 Å². The van der Waals surface area contributed by atoms with E-state index in [1.54, 1.807) is 11.9 Å². The molecule has 1 saturated carbocycles. The molecule has 0 aromatic carbocycles. The predicted molar refractivity (Wildman–Crippen MR) is 79.4 cm³/mol. The van der Waals surface area contributed by atoms with Crippen molar-refractivity contribution in [2.75, 3.05) is 7.05 Å². The molecule has 0 aromatic heterocycles. The second-order valence-corrected chi connectivity index (χ2v) is 7.98. The molecule has 1 unspecified atom stereocenters. The third-order valence-corrected chi connectivity index (χ3v) is 4.56. The largest absolute Gasteiger partial charge is 0.481 e. The van der Waals surface area contributed by atoms with Crippen molar-refractivity contribution in [2.24, 2.45) is 16.7 Å². The highest BCUT2D eigenvalue weighted by Gasteiger charge is 2.41. The second-order valence-electron chi connectivity index (χ2n) is 7.98.